The van der Waals surface area contributed by atoms with Crippen molar-refractivity contribution in [1.82, 2.24) is 4.98 Å². The van der Waals surface area contributed by atoms with Gasteiger partial charge in [-0.3, -0.25) is 0 Å². The number of carboxylic acids is 2. The van der Waals surface area contributed by atoms with Crippen molar-refractivity contribution in [3.05, 3.63) is 35.7 Å². The van der Waals surface area contributed by atoms with Gasteiger partial charge < -0.3 is 14.6 Å². The summed E-state index contributed by atoms with van der Waals surface area (Å²) in [4.78, 5) is 26.4. The fourth-order valence-electron chi connectivity index (χ4n) is 1.55. The van der Waals surface area contributed by atoms with Crippen LogP contribution in [0.2, 0.25) is 0 Å². The van der Waals surface area contributed by atoms with Crippen LogP contribution in [-0.4, -0.2) is 33.4 Å². The van der Waals surface area contributed by atoms with E-state index in [0.717, 1.165) is 4.90 Å². The molecule has 19 heavy (non-hydrogen) atoms. The summed E-state index contributed by atoms with van der Waals surface area (Å²) < 4.78 is 5.06. The molecular weight excluding hydrogens is 270 g/mol. The van der Waals surface area contributed by atoms with E-state index in [1.165, 1.54) is 11.8 Å². The van der Waals surface area contributed by atoms with Crippen LogP contribution in [0.15, 0.2) is 33.6 Å². The molecule has 0 atom stereocenters. The molecule has 0 unspecified atom stereocenters. The van der Waals surface area contributed by atoms with Crippen molar-refractivity contribution in [2.24, 2.45) is 0 Å². The maximum atomic E-state index is 10.9. The first kappa shape index (κ1) is 13.2. The molecule has 1 aromatic carbocycles. The number of hydrogen-bond donors (Lipinski definition) is 2. The number of hydrogen-bond acceptors (Lipinski definition) is 5. The van der Waals surface area contributed by atoms with Gasteiger partial charge in [-0.1, -0.05) is 12.1 Å². The highest BCUT2D eigenvalue weighted by Crippen LogP contribution is 2.30. The molecule has 0 saturated heterocycles. The minimum absolute atomic E-state index is 0.0141. The summed E-state index contributed by atoms with van der Waals surface area (Å²) >= 11 is 1.43. The third-order valence-corrected chi connectivity index (χ3v) is 3.16. The van der Waals surface area contributed by atoms with Gasteiger partial charge in [-0.15, -0.1) is 11.8 Å². The fourth-order valence-corrected chi connectivity index (χ4v) is 2.14. The first-order valence-electron chi connectivity index (χ1n) is 5.15. The predicted octanol–water partition coefficient (Wildman–Crippen LogP) is 2.46. The Morgan fingerprint density at radius 1 is 1.21 bits per heavy atom. The highest BCUT2D eigenvalue weighted by molar-refractivity contribution is 7.98. The van der Waals surface area contributed by atoms with Crippen LogP contribution in [0.25, 0.3) is 11.5 Å². The highest BCUT2D eigenvalue weighted by Gasteiger charge is 2.26. The zero-order chi connectivity index (χ0) is 14.0. The summed E-state index contributed by atoms with van der Waals surface area (Å²) in [7, 11) is 0. The van der Waals surface area contributed by atoms with Crippen molar-refractivity contribution < 1.29 is 24.2 Å². The minimum Gasteiger partial charge on any atom is -0.476 e. The Bertz CT molecular complexity index is 618. The molecule has 0 saturated carbocycles. The molecule has 1 aromatic heterocycles. The van der Waals surface area contributed by atoms with Gasteiger partial charge in [0.05, 0.1) is 5.56 Å². The van der Waals surface area contributed by atoms with Gasteiger partial charge in [0.2, 0.25) is 17.3 Å². The van der Waals surface area contributed by atoms with Crippen LogP contribution < -0.4 is 0 Å². The Morgan fingerprint density at radius 3 is 2.42 bits per heavy atom. The molecule has 0 bridgehead atoms. The number of rotatable bonds is 4. The van der Waals surface area contributed by atoms with Crippen LogP contribution in [0.3, 0.4) is 0 Å². The van der Waals surface area contributed by atoms with E-state index in [2.05, 4.69) is 4.98 Å². The lowest BCUT2D eigenvalue weighted by atomic mass is 10.2. The van der Waals surface area contributed by atoms with Gasteiger partial charge in [0, 0.05) is 4.90 Å². The Kier molecular flexibility index (Phi) is 3.57. The summed E-state index contributed by atoms with van der Waals surface area (Å²) in [6, 6.07) is 7.05. The van der Waals surface area contributed by atoms with Crippen LogP contribution in [0, 0.1) is 0 Å². The van der Waals surface area contributed by atoms with Crippen LogP contribution in [-0.2, 0) is 0 Å². The van der Waals surface area contributed by atoms with Gasteiger partial charge in [0.1, 0.15) is 0 Å². The number of aromatic carboxylic acids is 2. The third kappa shape index (κ3) is 2.45. The first-order valence-corrected chi connectivity index (χ1v) is 6.38. The largest absolute Gasteiger partial charge is 0.476 e. The molecule has 7 heteroatoms. The number of benzene rings is 1. The summed E-state index contributed by atoms with van der Waals surface area (Å²) in [5.74, 6) is -3.58. The standard InChI is InChI=1S/C12H9NO5S/c1-19-7-5-3-2-4-6(7)10-13-8(11(14)15)9(18-10)12(16)17/h2-5H,1H3,(H,14,15)(H,16,17). The van der Waals surface area contributed by atoms with E-state index in [1.54, 1.807) is 12.1 Å². The minimum atomic E-state index is -1.46. The topological polar surface area (TPSA) is 101 Å². The fraction of sp³-hybridized carbons (Fsp3) is 0.0833. The lowest BCUT2D eigenvalue weighted by Crippen LogP contribution is -2.05. The summed E-state index contributed by atoms with van der Waals surface area (Å²) in [6.45, 7) is 0. The molecule has 0 aliphatic heterocycles. The quantitative estimate of drug-likeness (QED) is 0.829. The lowest BCUT2D eigenvalue weighted by Gasteiger charge is -2.01. The van der Waals surface area contributed by atoms with Crippen molar-refractivity contribution in [2.45, 2.75) is 4.90 Å². The Balaban J connectivity index is 2.61. The molecule has 0 fully saturated rings. The Hall–Kier alpha value is -2.28. The van der Waals surface area contributed by atoms with Gasteiger partial charge in [-0.05, 0) is 18.4 Å². The van der Waals surface area contributed by atoms with E-state index in [-0.39, 0.29) is 5.89 Å². The van der Waals surface area contributed by atoms with Gasteiger partial charge in [0.25, 0.3) is 0 Å². The molecule has 0 aliphatic carbocycles. The van der Waals surface area contributed by atoms with Crippen molar-refractivity contribution in [1.29, 1.82) is 0 Å². The van der Waals surface area contributed by atoms with Gasteiger partial charge in [-0.25, -0.2) is 14.6 Å². The molecule has 1 heterocycles. The third-order valence-electron chi connectivity index (χ3n) is 2.36. The summed E-state index contributed by atoms with van der Waals surface area (Å²) in [5, 5.41) is 17.8. The number of oxazole rings is 1. The van der Waals surface area contributed by atoms with Crippen LogP contribution >= 0.6 is 11.8 Å². The van der Waals surface area contributed by atoms with E-state index in [1.807, 2.05) is 18.4 Å². The Morgan fingerprint density at radius 2 is 1.89 bits per heavy atom. The zero-order valence-electron chi connectivity index (χ0n) is 9.78. The molecule has 98 valence electrons. The number of nitrogens with zero attached hydrogens (tertiary/aromatic N) is 1. The van der Waals surface area contributed by atoms with Crippen molar-refractivity contribution in [3.8, 4) is 11.5 Å². The Labute approximate surface area is 112 Å². The van der Waals surface area contributed by atoms with E-state index in [9.17, 15) is 9.59 Å². The number of thioether (sulfide) groups is 1. The second-order valence-electron chi connectivity index (χ2n) is 3.51. The van der Waals surface area contributed by atoms with E-state index >= 15 is 0 Å². The molecule has 0 aliphatic rings. The number of carbonyl (C=O) groups is 2. The zero-order valence-corrected chi connectivity index (χ0v) is 10.6. The number of aromatic nitrogens is 1. The molecule has 2 rings (SSSR count). The average molecular weight is 279 g/mol. The van der Waals surface area contributed by atoms with Gasteiger partial charge in [-0.2, -0.15) is 0 Å². The van der Waals surface area contributed by atoms with E-state index in [4.69, 9.17) is 14.6 Å². The van der Waals surface area contributed by atoms with Crippen molar-refractivity contribution in [3.63, 3.8) is 0 Å². The molecule has 0 radical (unpaired) electrons. The van der Waals surface area contributed by atoms with Gasteiger partial charge >= 0.3 is 11.9 Å². The molecule has 2 N–H and O–H groups in total. The van der Waals surface area contributed by atoms with E-state index in [0.29, 0.717) is 5.56 Å². The molecule has 0 spiro atoms. The predicted molar refractivity (Wildman–Crippen MR) is 67.6 cm³/mol. The van der Waals surface area contributed by atoms with Crippen molar-refractivity contribution in [2.75, 3.05) is 6.26 Å². The lowest BCUT2D eigenvalue weighted by molar-refractivity contribution is 0.0624. The maximum absolute atomic E-state index is 10.9. The van der Waals surface area contributed by atoms with Gasteiger partial charge in [0.15, 0.2) is 0 Å². The SMILES string of the molecule is CSc1ccccc1-c1nc(C(=O)O)c(C(=O)O)o1. The van der Waals surface area contributed by atoms with E-state index < -0.39 is 23.4 Å². The monoisotopic (exact) mass is 279 g/mol. The first-order chi connectivity index (χ1) is 9.04. The normalized spacial score (nSPS) is 10.4. The smallest absolute Gasteiger partial charge is 0.374 e. The van der Waals surface area contributed by atoms with Crippen LogP contribution in [0.1, 0.15) is 21.0 Å². The highest BCUT2D eigenvalue weighted by atomic mass is 32.2. The second kappa shape index (κ2) is 5.15. The number of carboxylic acid groups (broad SMARTS) is 2. The summed E-state index contributed by atoms with van der Waals surface area (Å²) in [5.41, 5.74) is -0.0385. The van der Waals surface area contributed by atoms with Crippen LogP contribution in [0.4, 0.5) is 0 Å². The molecule has 6 nitrogen and oxygen atoms in total. The molecular formula is C12H9NO5S. The van der Waals surface area contributed by atoms with Crippen molar-refractivity contribution >= 4 is 23.7 Å². The average Bonchev–Trinajstić information content (AvgIpc) is 2.84. The second-order valence-corrected chi connectivity index (χ2v) is 4.36. The molecule has 2 aromatic rings. The summed E-state index contributed by atoms with van der Waals surface area (Å²) in [6.07, 6.45) is 1.85. The molecule has 0 amide bonds. The van der Waals surface area contributed by atoms with Crippen LogP contribution in [0.5, 0.6) is 0 Å². The maximum Gasteiger partial charge on any atom is 0.374 e.